The van der Waals surface area contributed by atoms with E-state index in [1.165, 1.54) is 5.56 Å². The number of rotatable bonds is 5. The van der Waals surface area contributed by atoms with Crippen molar-refractivity contribution >= 4 is 0 Å². The highest BCUT2D eigenvalue weighted by atomic mass is 16.5. The van der Waals surface area contributed by atoms with Crippen molar-refractivity contribution in [2.45, 2.75) is 32.4 Å². The molecule has 1 fully saturated rings. The van der Waals surface area contributed by atoms with E-state index in [0.29, 0.717) is 24.4 Å². The Morgan fingerprint density at radius 1 is 1.27 bits per heavy atom. The second-order valence-electron chi connectivity index (χ2n) is 5.45. The molecule has 22 heavy (non-hydrogen) atoms. The summed E-state index contributed by atoms with van der Waals surface area (Å²) < 4.78 is 16.3. The molecule has 0 spiro atoms. The molecule has 1 aromatic carbocycles. The number of nitrogens with zero attached hydrogens (tertiary/aromatic N) is 3. The summed E-state index contributed by atoms with van der Waals surface area (Å²) in [5, 5.41) is 8.00. The summed E-state index contributed by atoms with van der Waals surface area (Å²) >= 11 is 0. The molecule has 118 valence electrons. The van der Waals surface area contributed by atoms with E-state index in [9.17, 15) is 0 Å². The number of benzene rings is 1. The molecule has 0 aliphatic carbocycles. The molecule has 1 aliphatic heterocycles. The number of hydrogen-bond donors (Lipinski definition) is 0. The first-order valence-electron chi connectivity index (χ1n) is 7.46. The largest absolute Gasteiger partial charge is 0.497 e. The van der Waals surface area contributed by atoms with Gasteiger partial charge in [0.05, 0.1) is 20.8 Å². The smallest absolute Gasteiger partial charge is 0.230 e. The molecular formula is C16H21N3O3. The minimum absolute atomic E-state index is 0.299. The predicted octanol–water partition coefficient (Wildman–Crippen LogP) is 2.73. The van der Waals surface area contributed by atoms with Crippen molar-refractivity contribution < 1.29 is 13.9 Å². The third-order valence-electron chi connectivity index (χ3n) is 4.07. The first kappa shape index (κ1) is 14.8. The molecule has 2 aromatic rings. The summed E-state index contributed by atoms with van der Waals surface area (Å²) in [5.41, 5.74) is 1.18. The maximum Gasteiger partial charge on any atom is 0.230 e. The van der Waals surface area contributed by atoms with Crippen molar-refractivity contribution in [2.24, 2.45) is 0 Å². The average molecular weight is 303 g/mol. The van der Waals surface area contributed by atoms with Crippen molar-refractivity contribution in [2.75, 3.05) is 20.8 Å². The molecule has 1 saturated heterocycles. The van der Waals surface area contributed by atoms with Crippen LogP contribution < -0.4 is 9.47 Å². The Bertz CT molecular complexity index is 641. The zero-order valence-electron chi connectivity index (χ0n) is 13.2. The van der Waals surface area contributed by atoms with Gasteiger partial charge in [0.1, 0.15) is 11.5 Å². The molecule has 2 heterocycles. The number of aryl methyl sites for hydroxylation is 1. The van der Waals surface area contributed by atoms with Crippen molar-refractivity contribution in [3.8, 4) is 11.5 Å². The number of aromatic nitrogens is 2. The van der Waals surface area contributed by atoms with Gasteiger partial charge in [-0.15, -0.1) is 10.2 Å². The van der Waals surface area contributed by atoms with E-state index in [2.05, 4.69) is 21.2 Å². The van der Waals surface area contributed by atoms with Crippen LogP contribution in [0.3, 0.4) is 0 Å². The van der Waals surface area contributed by atoms with Crippen molar-refractivity contribution in [3.05, 3.63) is 35.5 Å². The summed E-state index contributed by atoms with van der Waals surface area (Å²) in [6, 6.07) is 6.29. The molecule has 0 N–H and O–H groups in total. The summed E-state index contributed by atoms with van der Waals surface area (Å²) in [6.07, 6.45) is 2.24. The van der Waals surface area contributed by atoms with E-state index in [1.807, 2.05) is 19.1 Å². The lowest BCUT2D eigenvalue weighted by Crippen LogP contribution is -2.23. The van der Waals surface area contributed by atoms with Crippen LogP contribution in [0, 0.1) is 6.92 Å². The minimum atomic E-state index is 0.299. The van der Waals surface area contributed by atoms with Crippen molar-refractivity contribution in [3.63, 3.8) is 0 Å². The second-order valence-corrected chi connectivity index (χ2v) is 5.45. The van der Waals surface area contributed by atoms with Crippen LogP contribution >= 0.6 is 0 Å². The maximum absolute atomic E-state index is 5.54. The molecule has 6 nitrogen and oxygen atoms in total. The van der Waals surface area contributed by atoms with Crippen LogP contribution in [0.4, 0.5) is 0 Å². The molecule has 0 saturated carbocycles. The van der Waals surface area contributed by atoms with Crippen LogP contribution in [0.25, 0.3) is 0 Å². The van der Waals surface area contributed by atoms with Gasteiger partial charge in [-0.05, 0) is 25.5 Å². The Labute approximate surface area is 130 Å². The average Bonchev–Trinajstić information content (AvgIpc) is 3.16. The summed E-state index contributed by atoms with van der Waals surface area (Å²) in [7, 11) is 3.35. The Kier molecular flexibility index (Phi) is 4.29. The van der Waals surface area contributed by atoms with Gasteiger partial charge in [-0.3, -0.25) is 4.90 Å². The lowest BCUT2D eigenvalue weighted by Gasteiger charge is -2.25. The fraction of sp³-hybridized carbons (Fsp3) is 0.500. The van der Waals surface area contributed by atoms with Crippen LogP contribution in [-0.4, -0.2) is 35.9 Å². The normalized spacial score (nSPS) is 18.6. The number of hydrogen-bond acceptors (Lipinski definition) is 6. The van der Waals surface area contributed by atoms with E-state index in [4.69, 9.17) is 13.9 Å². The summed E-state index contributed by atoms with van der Waals surface area (Å²) in [6.45, 7) is 3.49. The number of ether oxygens (including phenoxy) is 2. The van der Waals surface area contributed by atoms with E-state index in [0.717, 1.165) is 30.9 Å². The fourth-order valence-corrected chi connectivity index (χ4v) is 3.04. The van der Waals surface area contributed by atoms with Gasteiger partial charge >= 0.3 is 0 Å². The van der Waals surface area contributed by atoms with E-state index < -0.39 is 0 Å². The number of likely N-dealkylation sites (tertiary alicyclic amines) is 1. The van der Waals surface area contributed by atoms with E-state index in [1.54, 1.807) is 14.2 Å². The third-order valence-corrected chi connectivity index (χ3v) is 4.07. The second kappa shape index (κ2) is 6.36. The zero-order valence-corrected chi connectivity index (χ0v) is 13.2. The van der Waals surface area contributed by atoms with E-state index in [-0.39, 0.29) is 0 Å². The Morgan fingerprint density at radius 3 is 2.82 bits per heavy atom. The lowest BCUT2D eigenvalue weighted by atomic mass is 10.0. The minimum Gasteiger partial charge on any atom is -0.497 e. The number of methoxy groups -OCH3 is 2. The van der Waals surface area contributed by atoms with Gasteiger partial charge in [0.2, 0.25) is 11.8 Å². The highest BCUT2D eigenvalue weighted by Gasteiger charge is 2.29. The molecular weight excluding hydrogens is 282 g/mol. The van der Waals surface area contributed by atoms with Crippen molar-refractivity contribution in [1.29, 1.82) is 0 Å². The quantitative estimate of drug-likeness (QED) is 0.846. The Hall–Kier alpha value is -2.08. The van der Waals surface area contributed by atoms with Crippen LogP contribution in [0.5, 0.6) is 11.5 Å². The van der Waals surface area contributed by atoms with Gasteiger partial charge in [-0.25, -0.2) is 0 Å². The standard InChI is InChI=1S/C16H21N3O3/c1-11-17-18-16(22-11)10-19-8-4-5-14(19)13-7-6-12(20-2)9-15(13)21-3/h6-7,9,14H,4-5,8,10H2,1-3H3/t14-/m0/s1. The molecule has 0 unspecified atom stereocenters. The summed E-state index contributed by atoms with van der Waals surface area (Å²) in [5.74, 6) is 2.93. The topological polar surface area (TPSA) is 60.6 Å². The molecule has 0 amide bonds. The van der Waals surface area contributed by atoms with Crippen LogP contribution in [-0.2, 0) is 6.54 Å². The molecule has 1 aromatic heterocycles. The SMILES string of the molecule is COc1ccc([C@@H]2CCCN2Cc2nnc(C)o2)c(OC)c1. The molecule has 1 aliphatic rings. The van der Waals surface area contributed by atoms with Crippen LogP contribution in [0.1, 0.15) is 36.2 Å². The predicted molar refractivity (Wildman–Crippen MR) is 81.0 cm³/mol. The Morgan fingerprint density at radius 2 is 2.14 bits per heavy atom. The first-order chi connectivity index (χ1) is 10.7. The van der Waals surface area contributed by atoms with Crippen LogP contribution in [0.15, 0.2) is 22.6 Å². The zero-order chi connectivity index (χ0) is 15.5. The molecule has 0 radical (unpaired) electrons. The maximum atomic E-state index is 5.54. The van der Waals surface area contributed by atoms with Crippen molar-refractivity contribution in [1.82, 2.24) is 15.1 Å². The molecule has 3 rings (SSSR count). The lowest BCUT2D eigenvalue weighted by molar-refractivity contribution is 0.218. The Balaban J connectivity index is 1.83. The third kappa shape index (κ3) is 2.92. The van der Waals surface area contributed by atoms with E-state index >= 15 is 0 Å². The van der Waals surface area contributed by atoms with Crippen LogP contribution in [0.2, 0.25) is 0 Å². The molecule has 0 bridgehead atoms. The van der Waals surface area contributed by atoms with Gasteiger partial charge in [0, 0.05) is 24.6 Å². The van der Waals surface area contributed by atoms with Gasteiger partial charge in [0.15, 0.2) is 0 Å². The molecule has 6 heteroatoms. The highest BCUT2D eigenvalue weighted by molar-refractivity contribution is 5.42. The van der Waals surface area contributed by atoms with Gasteiger partial charge in [-0.2, -0.15) is 0 Å². The van der Waals surface area contributed by atoms with Gasteiger partial charge in [-0.1, -0.05) is 6.07 Å². The monoisotopic (exact) mass is 303 g/mol. The highest BCUT2D eigenvalue weighted by Crippen LogP contribution is 2.39. The fourth-order valence-electron chi connectivity index (χ4n) is 3.04. The molecule has 1 atom stereocenters. The van der Waals surface area contributed by atoms with Gasteiger partial charge in [0.25, 0.3) is 0 Å². The van der Waals surface area contributed by atoms with Gasteiger partial charge < -0.3 is 13.9 Å². The first-order valence-corrected chi connectivity index (χ1v) is 7.46. The summed E-state index contributed by atoms with van der Waals surface area (Å²) in [4.78, 5) is 2.36.